The first-order valence-electron chi connectivity index (χ1n) is 5.73. The minimum atomic E-state index is -0.279. The van der Waals surface area contributed by atoms with Crippen LogP contribution in [0.3, 0.4) is 0 Å². The topological polar surface area (TPSA) is 61.0 Å². The minimum absolute atomic E-state index is 0.171. The van der Waals surface area contributed by atoms with Crippen LogP contribution in [0, 0.1) is 0 Å². The third-order valence-electron chi connectivity index (χ3n) is 3.55. The van der Waals surface area contributed by atoms with Gasteiger partial charge in [-0.3, -0.25) is 4.79 Å². The lowest BCUT2D eigenvalue weighted by molar-refractivity contribution is 0.304. The van der Waals surface area contributed by atoms with Crippen LogP contribution in [0.1, 0.15) is 19.8 Å². The molecule has 1 aliphatic heterocycles. The van der Waals surface area contributed by atoms with Gasteiger partial charge in [-0.15, -0.1) is 0 Å². The molecule has 5 nitrogen and oxygen atoms in total. The van der Waals surface area contributed by atoms with Crippen molar-refractivity contribution in [3.63, 3.8) is 0 Å². The Hall–Kier alpha value is -1.07. The van der Waals surface area contributed by atoms with Gasteiger partial charge in [0.05, 0.1) is 6.33 Å². The van der Waals surface area contributed by atoms with E-state index in [1.807, 2.05) is 7.05 Å². The highest BCUT2D eigenvalue weighted by Crippen LogP contribution is 2.26. The Morgan fingerprint density at radius 3 is 2.76 bits per heavy atom. The van der Waals surface area contributed by atoms with E-state index in [9.17, 15) is 4.79 Å². The Labute approximate surface area is 105 Å². The van der Waals surface area contributed by atoms with E-state index in [4.69, 9.17) is 11.6 Å². The normalized spacial score (nSPS) is 19.4. The molecule has 0 atom stereocenters. The molecule has 2 heterocycles. The van der Waals surface area contributed by atoms with Crippen molar-refractivity contribution in [1.82, 2.24) is 15.3 Å². The monoisotopic (exact) mass is 256 g/mol. The summed E-state index contributed by atoms with van der Waals surface area (Å²) < 4.78 is 0. The number of anilines is 1. The van der Waals surface area contributed by atoms with Gasteiger partial charge in [0.2, 0.25) is 0 Å². The Bertz CT molecular complexity index is 451. The van der Waals surface area contributed by atoms with Gasteiger partial charge in [0, 0.05) is 18.6 Å². The molecule has 0 bridgehead atoms. The molecule has 0 unspecified atom stereocenters. The third-order valence-corrected chi connectivity index (χ3v) is 3.89. The highest BCUT2D eigenvalue weighted by molar-refractivity contribution is 6.32. The zero-order valence-electron chi connectivity index (χ0n) is 10.1. The molecule has 2 rings (SSSR count). The lowest BCUT2D eigenvalue weighted by Gasteiger charge is -2.39. The first-order chi connectivity index (χ1) is 8.06. The highest BCUT2D eigenvalue weighted by Gasteiger charge is 2.29. The van der Waals surface area contributed by atoms with Crippen molar-refractivity contribution >= 4 is 17.4 Å². The average molecular weight is 257 g/mol. The van der Waals surface area contributed by atoms with E-state index in [1.165, 1.54) is 6.33 Å². The fourth-order valence-electron chi connectivity index (χ4n) is 2.06. The summed E-state index contributed by atoms with van der Waals surface area (Å²) in [4.78, 5) is 20.1. The number of rotatable bonds is 2. The molecule has 2 N–H and O–H groups in total. The number of hydrogen-bond donors (Lipinski definition) is 2. The first kappa shape index (κ1) is 12.4. The van der Waals surface area contributed by atoms with E-state index >= 15 is 0 Å². The number of halogens is 1. The summed E-state index contributed by atoms with van der Waals surface area (Å²) in [6, 6.07) is 0. The van der Waals surface area contributed by atoms with Crippen LogP contribution in [-0.4, -0.2) is 35.6 Å². The maximum atomic E-state index is 11.4. The molecule has 6 heteroatoms. The van der Waals surface area contributed by atoms with E-state index in [0.717, 1.165) is 25.9 Å². The van der Waals surface area contributed by atoms with Crippen LogP contribution in [0.25, 0.3) is 0 Å². The highest BCUT2D eigenvalue weighted by atomic mass is 35.5. The maximum absolute atomic E-state index is 11.4. The van der Waals surface area contributed by atoms with Crippen molar-refractivity contribution in [1.29, 1.82) is 0 Å². The van der Waals surface area contributed by atoms with Gasteiger partial charge in [-0.05, 0) is 26.8 Å². The van der Waals surface area contributed by atoms with Crippen LogP contribution in [0.4, 0.5) is 5.82 Å². The van der Waals surface area contributed by atoms with Gasteiger partial charge >= 0.3 is 0 Å². The number of aromatic nitrogens is 2. The largest absolute Gasteiger partial charge is 0.355 e. The first-order valence-corrected chi connectivity index (χ1v) is 6.10. The molecule has 1 saturated heterocycles. The molecule has 0 amide bonds. The molecule has 1 aliphatic rings. The molecule has 1 aromatic rings. The van der Waals surface area contributed by atoms with Gasteiger partial charge in [-0.2, -0.15) is 0 Å². The number of nitrogens with zero attached hydrogens (tertiary/aromatic N) is 2. The molecule has 94 valence electrons. The van der Waals surface area contributed by atoms with Crippen molar-refractivity contribution < 1.29 is 0 Å². The van der Waals surface area contributed by atoms with Crippen LogP contribution in [0.2, 0.25) is 5.02 Å². The van der Waals surface area contributed by atoms with Gasteiger partial charge in [-0.1, -0.05) is 11.6 Å². The summed E-state index contributed by atoms with van der Waals surface area (Å²) in [5, 5.41) is 3.51. The van der Waals surface area contributed by atoms with Gasteiger partial charge in [0.25, 0.3) is 5.56 Å². The van der Waals surface area contributed by atoms with E-state index in [1.54, 1.807) is 0 Å². The van der Waals surface area contributed by atoms with Crippen molar-refractivity contribution in [3.05, 3.63) is 21.7 Å². The third kappa shape index (κ3) is 2.45. The van der Waals surface area contributed by atoms with Crippen molar-refractivity contribution in [2.24, 2.45) is 0 Å². The lowest BCUT2D eigenvalue weighted by Crippen LogP contribution is -2.50. The van der Waals surface area contributed by atoms with Crippen molar-refractivity contribution in [2.45, 2.75) is 25.3 Å². The average Bonchev–Trinajstić information content (AvgIpc) is 2.34. The van der Waals surface area contributed by atoms with Crippen molar-refractivity contribution in [2.75, 3.05) is 25.0 Å². The van der Waals surface area contributed by atoms with Gasteiger partial charge < -0.3 is 15.2 Å². The van der Waals surface area contributed by atoms with Crippen LogP contribution < -0.4 is 15.8 Å². The molecule has 17 heavy (non-hydrogen) atoms. The Kier molecular flexibility index (Phi) is 3.40. The minimum Gasteiger partial charge on any atom is -0.355 e. The molecule has 0 spiro atoms. The summed E-state index contributed by atoms with van der Waals surface area (Å²) in [5.41, 5.74) is -0.108. The number of aromatic amines is 1. The second-order valence-corrected chi connectivity index (χ2v) is 5.04. The van der Waals surface area contributed by atoms with E-state index in [-0.39, 0.29) is 16.1 Å². The summed E-state index contributed by atoms with van der Waals surface area (Å²) in [5.74, 6) is 0.591. The zero-order chi connectivity index (χ0) is 12.5. The fourth-order valence-corrected chi connectivity index (χ4v) is 2.28. The summed E-state index contributed by atoms with van der Waals surface area (Å²) in [7, 11) is 1.98. The molecule has 0 aromatic carbocycles. The second kappa shape index (κ2) is 4.66. The quantitative estimate of drug-likeness (QED) is 0.829. The number of H-pyrrole nitrogens is 1. The van der Waals surface area contributed by atoms with E-state index < -0.39 is 0 Å². The number of hydrogen-bond acceptors (Lipinski definition) is 4. The van der Waals surface area contributed by atoms with E-state index in [2.05, 4.69) is 27.1 Å². The molecule has 0 saturated carbocycles. The SMILES string of the molecule is CNC1(C)CCN(c2nc[nH]c(=O)c2Cl)CC1. The van der Waals surface area contributed by atoms with Crippen LogP contribution in [-0.2, 0) is 0 Å². The Balaban J connectivity index is 2.16. The van der Waals surface area contributed by atoms with Gasteiger partial charge in [0.1, 0.15) is 5.02 Å². The summed E-state index contributed by atoms with van der Waals surface area (Å²) >= 11 is 5.97. The Morgan fingerprint density at radius 2 is 2.18 bits per heavy atom. The zero-order valence-corrected chi connectivity index (χ0v) is 10.8. The van der Waals surface area contributed by atoms with E-state index in [0.29, 0.717) is 5.82 Å². The maximum Gasteiger partial charge on any atom is 0.271 e. The molecule has 0 aliphatic carbocycles. The standard InChI is InChI=1S/C11H17ClN4O/c1-11(13-2)3-5-16(6-4-11)9-8(12)10(17)15-7-14-9/h7,13H,3-6H2,1-2H3,(H,14,15,17). The van der Waals surface area contributed by atoms with Crippen LogP contribution in [0.15, 0.2) is 11.1 Å². The van der Waals surface area contributed by atoms with Gasteiger partial charge in [-0.25, -0.2) is 4.98 Å². The fraction of sp³-hybridized carbons (Fsp3) is 0.636. The molecule has 0 radical (unpaired) electrons. The molecule has 1 fully saturated rings. The second-order valence-electron chi connectivity index (χ2n) is 4.67. The van der Waals surface area contributed by atoms with Gasteiger partial charge in [0.15, 0.2) is 5.82 Å². The predicted molar refractivity (Wildman–Crippen MR) is 68.8 cm³/mol. The number of piperidine rings is 1. The predicted octanol–water partition coefficient (Wildman–Crippen LogP) is 1.00. The smallest absolute Gasteiger partial charge is 0.271 e. The molecular weight excluding hydrogens is 240 g/mol. The summed E-state index contributed by atoms with van der Waals surface area (Å²) in [6.07, 6.45) is 3.41. The number of nitrogens with one attached hydrogen (secondary N) is 2. The van der Waals surface area contributed by atoms with Crippen molar-refractivity contribution in [3.8, 4) is 0 Å². The summed E-state index contributed by atoms with van der Waals surface area (Å²) in [6.45, 7) is 3.91. The molecular formula is C11H17ClN4O. The molecule has 1 aromatic heterocycles. The van der Waals surface area contributed by atoms with Crippen LogP contribution >= 0.6 is 11.6 Å². The van der Waals surface area contributed by atoms with Crippen LogP contribution in [0.5, 0.6) is 0 Å². The Morgan fingerprint density at radius 1 is 1.53 bits per heavy atom. The lowest BCUT2D eigenvalue weighted by atomic mass is 9.90.